The van der Waals surface area contributed by atoms with Crippen molar-refractivity contribution in [1.82, 2.24) is 4.90 Å². The second-order valence-corrected chi connectivity index (χ2v) is 7.49. The standard InChI is InChI=1S/C22H28BrNO/c1-6-16(2)21(17-7-11-19(23)12-8-17)15-22(24(3)4)18-9-13-20(25-5)14-10-18/h7-14,22H,6,15H2,1-5H3. The molecule has 134 valence electrons. The van der Waals surface area contributed by atoms with Crippen molar-refractivity contribution >= 4 is 21.5 Å². The van der Waals surface area contributed by atoms with Crippen molar-refractivity contribution in [3.63, 3.8) is 0 Å². The summed E-state index contributed by atoms with van der Waals surface area (Å²) < 4.78 is 6.41. The van der Waals surface area contributed by atoms with Crippen molar-refractivity contribution in [3.05, 3.63) is 69.7 Å². The lowest BCUT2D eigenvalue weighted by atomic mass is 9.90. The van der Waals surface area contributed by atoms with E-state index in [-0.39, 0.29) is 0 Å². The van der Waals surface area contributed by atoms with E-state index >= 15 is 0 Å². The summed E-state index contributed by atoms with van der Waals surface area (Å²) >= 11 is 3.54. The van der Waals surface area contributed by atoms with Gasteiger partial charge in [-0.25, -0.2) is 0 Å². The van der Waals surface area contributed by atoms with Gasteiger partial charge in [-0.05, 0) is 74.8 Å². The fraction of sp³-hybridized carbons (Fsp3) is 0.364. The predicted molar refractivity (Wildman–Crippen MR) is 111 cm³/mol. The largest absolute Gasteiger partial charge is 0.497 e. The zero-order chi connectivity index (χ0) is 18.4. The number of benzene rings is 2. The van der Waals surface area contributed by atoms with Crippen LogP contribution in [0.25, 0.3) is 5.57 Å². The molecule has 0 aromatic heterocycles. The minimum absolute atomic E-state index is 0.325. The highest BCUT2D eigenvalue weighted by molar-refractivity contribution is 9.10. The Hall–Kier alpha value is -1.58. The van der Waals surface area contributed by atoms with Crippen molar-refractivity contribution in [3.8, 4) is 5.75 Å². The second kappa shape index (κ2) is 9.21. The molecule has 0 aliphatic carbocycles. The average Bonchev–Trinajstić information content (AvgIpc) is 2.63. The quantitative estimate of drug-likeness (QED) is 0.536. The molecule has 0 fully saturated rings. The van der Waals surface area contributed by atoms with Gasteiger partial charge in [0.1, 0.15) is 5.75 Å². The SMILES string of the molecule is CCC(C)=C(CC(c1ccc(OC)cc1)N(C)C)c1ccc(Br)cc1. The molecular formula is C22H28BrNO. The maximum atomic E-state index is 5.30. The van der Waals surface area contributed by atoms with E-state index in [0.29, 0.717) is 6.04 Å². The topological polar surface area (TPSA) is 12.5 Å². The molecule has 25 heavy (non-hydrogen) atoms. The molecule has 3 heteroatoms. The van der Waals surface area contributed by atoms with Crippen LogP contribution in [-0.4, -0.2) is 26.1 Å². The Morgan fingerprint density at radius 1 is 1.04 bits per heavy atom. The maximum Gasteiger partial charge on any atom is 0.118 e. The van der Waals surface area contributed by atoms with Gasteiger partial charge in [0, 0.05) is 10.5 Å². The normalized spacial score (nSPS) is 13.6. The lowest BCUT2D eigenvalue weighted by molar-refractivity contribution is 0.303. The van der Waals surface area contributed by atoms with Crippen LogP contribution in [0, 0.1) is 0 Å². The predicted octanol–water partition coefficient (Wildman–Crippen LogP) is 6.33. The number of hydrogen-bond donors (Lipinski definition) is 0. The summed E-state index contributed by atoms with van der Waals surface area (Å²) in [5, 5.41) is 0. The number of hydrogen-bond acceptors (Lipinski definition) is 2. The lowest BCUT2D eigenvalue weighted by Crippen LogP contribution is -2.20. The average molecular weight is 402 g/mol. The van der Waals surface area contributed by atoms with Gasteiger partial charge in [0.2, 0.25) is 0 Å². The molecule has 2 nitrogen and oxygen atoms in total. The van der Waals surface area contributed by atoms with Gasteiger partial charge in [-0.3, -0.25) is 0 Å². The van der Waals surface area contributed by atoms with Crippen molar-refractivity contribution in [1.29, 1.82) is 0 Å². The van der Waals surface area contributed by atoms with Gasteiger partial charge in [0.15, 0.2) is 0 Å². The summed E-state index contributed by atoms with van der Waals surface area (Å²) in [5.41, 5.74) is 5.50. The molecule has 0 bridgehead atoms. The van der Waals surface area contributed by atoms with Crippen LogP contribution >= 0.6 is 15.9 Å². The number of rotatable bonds is 7. The smallest absolute Gasteiger partial charge is 0.118 e. The summed E-state index contributed by atoms with van der Waals surface area (Å²) in [6.07, 6.45) is 2.05. The van der Waals surface area contributed by atoms with Crippen LogP contribution < -0.4 is 4.74 Å². The highest BCUT2D eigenvalue weighted by Gasteiger charge is 2.18. The van der Waals surface area contributed by atoms with Gasteiger partial charge in [0.25, 0.3) is 0 Å². The van der Waals surface area contributed by atoms with E-state index in [1.807, 2.05) is 12.1 Å². The van der Waals surface area contributed by atoms with Crippen LogP contribution in [0.5, 0.6) is 5.75 Å². The molecule has 0 heterocycles. The first-order valence-electron chi connectivity index (χ1n) is 8.71. The Bertz CT molecular complexity index is 702. The van der Waals surface area contributed by atoms with E-state index in [9.17, 15) is 0 Å². The Kier molecular flexibility index (Phi) is 7.27. The van der Waals surface area contributed by atoms with E-state index < -0.39 is 0 Å². The number of allylic oxidation sites excluding steroid dienone is 1. The molecule has 0 radical (unpaired) electrons. The molecular weight excluding hydrogens is 374 g/mol. The van der Waals surface area contributed by atoms with E-state index in [4.69, 9.17) is 4.74 Å². The third-order valence-electron chi connectivity index (χ3n) is 4.76. The minimum atomic E-state index is 0.325. The zero-order valence-corrected chi connectivity index (χ0v) is 17.4. The van der Waals surface area contributed by atoms with Crippen molar-refractivity contribution in [2.45, 2.75) is 32.7 Å². The van der Waals surface area contributed by atoms with Crippen molar-refractivity contribution < 1.29 is 4.74 Å². The van der Waals surface area contributed by atoms with E-state index in [2.05, 4.69) is 85.2 Å². The number of methoxy groups -OCH3 is 1. The molecule has 0 aliphatic rings. The van der Waals surface area contributed by atoms with Crippen LogP contribution in [0.1, 0.15) is 43.9 Å². The Morgan fingerprint density at radius 2 is 1.64 bits per heavy atom. The Morgan fingerprint density at radius 3 is 2.12 bits per heavy atom. The molecule has 2 rings (SSSR count). The van der Waals surface area contributed by atoms with Crippen LogP contribution in [0.3, 0.4) is 0 Å². The van der Waals surface area contributed by atoms with Gasteiger partial charge in [-0.15, -0.1) is 0 Å². The van der Waals surface area contributed by atoms with E-state index in [0.717, 1.165) is 23.1 Å². The fourth-order valence-electron chi connectivity index (χ4n) is 3.02. The van der Waals surface area contributed by atoms with Crippen LogP contribution in [-0.2, 0) is 0 Å². The van der Waals surface area contributed by atoms with Crippen LogP contribution in [0.15, 0.2) is 58.6 Å². The summed E-state index contributed by atoms with van der Waals surface area (Å²) in [5.74, 6) is 0.898. The third kappa shape index (κ3) is 5.20. The summed E-state index contributed by atoms with van der Waals surface area (Å²) in [6, 6.07) is 17.4. The molecule has 0 N–H and O–H groups in total. The fourth-order valence-corrected chi connectivity index (χ4v) is 3.29. The number of nitrogens with zero attached hydrogens (tertiary/aromatic N) is 1. The summed E-state index contributed by atoms with van der Waals surface area (Å²) in [7, 11) is 6.00. The van der Waals surface area contributed by atoms with E-state index in [1.54, 1.807) is 7.11 Å². The van der Waals surface area contributed by atoms with Gasteiger partial charge in [-0.1, -0.05) is 52.7 Å². The zero-order valence-electron chi connectivity index (χ0n) is 15.8. The highest BCUT2D eigenvalue weighted by Crippen LogP contribution is 2.34. The van der Waals surface area contributed by atoms with Crippen LogP contribution in [0.2, 0.25) is 0 Å². The lowest BCUT2D eigenvalue weighted by Gasteiger charge is -2.27. The first kappa shape index (κ1) is 19.7. The molecule has 0 saturated heterocycles. The Balaban J connectivity index is 2.37. The number of halogens is 1. The van der Waals surface area contributed by atoms with Gasteiger partial charge in [-0.2, -0.15) is 0 Å². The van der Waals surface area contributed by atoms with Gasteiger partial charge in [0.05, 0.1) is 7.11 Å². The molecule has 1 unspecified atom stereocenters. The highest BCUT2D eigenvalue weighted by atomic mass is 79.9. The molecule has 2 aromatic rings. The van der Waals surface area contributed by atoms with Gasteiger partial charge >= 0.3 is 0 Å². The molecule has 0 saturated carbocycles. The van der Waals surface area contributed by atoms with Crippen molar-refractivity contribution in [2.75, 3.05) is 21.2 Å². The molecule has 1 atom stereocenters. The molecule has 2 aromatic carbocycles. The summed E-state index contributed by atoms with van der Waals surface area (Å²) in [6.45, 7) is 4.48. The molecule has 0 spiro atoms. The van der Waals surface area contributed by atoms with E-state index in [1.165, 1.54) is 22.3 Å². The van der Waals surface area contributed by atoms with Crippen molar-refractivity contribution in [2.24, 2.45) is 0 Å². The van der Waals surface area contributed by atoms with Gasteiger partial charge < -0.3 is 9.64 Å². The monoisotopic (exact) mass is 401 g/mol. The first-order valence-corrected chi connectivity index (χ1v) is 9.50. The Labute approximate surface area is 160 Å². The maximum absolute atomic E-state index is 5.30. The summed E-state index contributed by atoms with van der Waals surface area (Å²) in [4.78, 5) is 2.30. The number of ether oxygens (including phenoxy) is 1. The second-order valence-electron chi connectivity index (χ2n) is 6.58. The minimum Gasteiger partial charge on any atom is -0.497 e. The first-order chi connectivity index (χ1) is 12.0. The third-order valence-corrected chi connectivity index (χ3v) is 5.29. The van der Waals surface area contributed by atoms with Crippen LogP contribution in [0.4, 0.5) is 0 Å². The molecule has 0 aliphatic heterocycles. The molecule has 0 amide bonds.